The zero-order valence-corrected chi connectivity index (χ0v) is 21.7. The zero-order chi connectivity index (χ0) is 26.2. The minimum atomic E-state index is -0.908. The molecule has 0 spiro atoms. The fourth-order valence-electron chi connectivity index (χ4n) is 5.65. The summed E-state index contributed by atoms with van der Waals surface area (Å²) in [4.78, 5) is 29.1. The molecule has 2 fully saturated rings. The van der Waals surface area contributed by atoms with Gasteiger partial charge in [-0.2, -0.15) is 0 Å². The highest BCUT2D eigenvalue weighted by atomic mass is 35.5. The van der Waals surface area contributed by atoms with E-state index in [0.29, 0.717) is 55.2 Å². The van der Waals surface area contributed by atoms with E-state index >= 15 is 0 Å². The molecule has 2 aliphatic heterocycles. The smallest absolute Gasteiger partial charge is 0.307 e. The van der Waals surface area contributed by atoms with Gasteiger partial charge in [-0.05, 0) is 74.4 Å². The Balaban J connectivity index is 1.51. The Morgan fingerprint density at radius 2 is 1.69 bits per heavy atom. The molecule has 2 heterocycles. The Morgan fingerprint density at radius 3 is 2.31 bits per heavy atom. The van der Waals surface area contributed by atoms with Crippen LogP contribution in [0.5, 0.6) is 0 Å². The molecule has 5 nitrogen and oxygen atoms in total. The summed E-state index contributed by atoms with van der Waals surface area (Å²) in [5.74, 6) is -2.78. The fraction of sp³-hybridized carbons (Fsp3) is 0.500. The van der Waals surface area contributed by atoms with Crippen LogP contribution >= 0.6 is 11.6 Å². The minimum absolute atomic E-state index is 0.00390. The fourth-order valence-corrected chi connectivity index (χ4v) is 5.85. The van der Waals surface area contributed by atoms with E-state index in [0.717, 1.165) is 11.6 Å². The maximum Gasteiger partial charge on any atom is 0.307 e. The lowest BCUT2D eigenvalue weighted by Crippen LogP contribution is -2.44. The highest BCUT2D eigenvalue weighted by molar-refractivity contribution is 6.30. The molecule has 2 aromatic carbocycles. The summed E-state index contributed by atoms with van der Waals surface area (Å²) in [7, 11) is 0. The average molecular weight is 519 g/mol. The quantitative estimate of drug-likeness (QED) is 0.570. The van der Waals surface area contributed by atoms with Crippen molar-refractivity contribution in [2.45, 2.75) is 57.4 Å². The first-order chi connectivity index (χ1) is 16.9. The van der Waals surface area contributed by atoms with Crippen LogP contribution in [0.4, 0.5) is 8.78 Å². The molecule has 1 N–H and O–H groups in total. The lowest BCUT2D eigenvalue weighted by Gasteiger charge is -2.35. The van der Waals surface area contributed by atoms with E-state index in [9.17, 15) is 23.5 Å². The molecule has 36 heavy (non-hydrogen) atoms. The zero-order valence-electron chi connectivity index (χ0n) is 20.9. The van der Waals surface area contributed by atoms with Crippen molar-refractivity contribution in [3.63, 3.8) is 0 Å². The molecule has 2 aliphatic rings. The first-order valence-electron chi connectivity index (χ1n) is 12.4. The first kappa shape index (κ1) is 26.6. The normalized spacial score (nSPS) is 21.7. The third kappa shape index (κ3) is 5.73. The molecule has 2 aromatic rings. The van der Waals surface area contributed by atoms with E-state index in [4.69, 9.17) is 11.6 Å². The third-order valence-electron chi connectivity index (χ3n) is 7.64. The number of amides is 1. The Hall–Kier alpha value is -2.51. The van der Waals surface area contributed by atoms with Crippen LogP contribution in [0.1, 0.15) is 62.1 Å². The standard InChI is InChI=1S/C28H33ClF2N2O3/c1-28(2,3)33-15-23(22-7-5-20(30)14-25(22)31)24(16-33)27(36)32-10-8-17(9-11-32)21-6-4-19(29)12-18(21)13-26(34)35/h4-7,12,14,17,23-24H,8-11,13,15-16H2,1-3H3,(H,34,35)/t23?,24-/m1/s1. The molecule has 0 saturated carbocycles. The molecule has 4 rings (SSSR count). The topological polar surface area (TPSA) is 60.9 Å². The van der Waals surface area contributed by atoms with Crippen LogP contribution in [0, 0.1) is 17.6 Å². The van der Waals surface area contributed by atoms with E-state index in [1.165, 1.54) is 12.1 Å². The van der Waals surface area contributed by atoms with Crippen LogP contribution in [0.2, 0.25) is 5.02 Å². The first-order valence-corrected chi connectivity index (χ1v) is 12.8. The number of piperidine rings is 1. The minimum Gasteiger partial charge on any atom is -0.481 e. The van der Waals surface area contributed by atoms with E-state index in [2.05, 4.69) is 25.7 Å². The van der Waals surface area contributed by atoms with Gasteiger partial charge in [-0.25, -0.2) is 8.78 Å². The van der Waals surface area contributed by atoms with E-state index in [-0.39, 0.29) is 29.7 Å². The van der Waals surface area contributed by atoms with Crippen molar-refractivity contribution in [2.75, 3.05) is 26.2 Å². The SMILES string of the molecule is CC(C)(C)N1CC(c2ccc(F)cc2F)[C@H](C(=O)N2CCC(c3ccc(Cl)cc3CC(=O)O)CC2)C1. The second kappa shape index (κ2) is 10.5. The number of aliphatic carboxylic acids is 1. The number of hydrogen-bond acceptors (Lipinski definition) is 3. The van der Waals surface area contributed by atoms with Crippen molar-refractivity contribution < 1.29 is 23.5 Å². The Labute approximate surface area is 216 Å². The predicted molar refractivity (Wildman–Crippen MR) is 135 cm³/mol. The van der Waals surface area contributed by atoms with Gasteiger partial charge in [0.15, 0.2) is 0 Å². The molecule has 8 heteroatoms. The second-order valence-electron chi connectivity index (χ2n) is 11.0. The maximum atomic E-state index is 14.8. The van der Waals surface area contributed by atoms with E-state index in [1.54, 1.807) is 12.1 Å². The molecule has 2 saturated heterocycles. The van der Waals surface area contributed by atoms with Gasteiger partial charge in [-0.1, -0.05) is 23.7 Å². The summed E-state index contributed by atoms with van der Waals surface area (Å²) in [5.41, 5.74) is 1.88. The van der Waals surface area contributed by atoms with Crippen LogP contribution in [-0.4, -0.2) is 58.5 Å². The number of carbonyl (C=O) groups is 2. The van der Waals surface area contributed by atoms with Gasteiger partial charge < -0.3 is 10.0 Å². The van der Waals surface area contributed by atoms with Crippen LogP contribution in [0.25, 0.3) is 0 Å². The highest BCUT2D eigenvalue weighted by Crippen LogP contribution is 2.40. The number of hydrogen-bond donors (Lipinski definition) is 1. The third-order valence-corrected chi connectivity index (χ3v) is 7.88. The molecule has 194 valence electrons. The summed E-state index contributed by atoms with van der Waals surface area (Å²) in [6.45, 7) is 8.36. The van der Waals surface area contributed by atoms with Crippen LogP contribution in [0.15, 0.2) is 36.4 Å². The van der Waals surface area contributed by atoms with Crippen LogP contribution in [0.3, 0.4) is 0 Å². The highest BCUT2D eigenvalue weighted by Gasteiger charge is 2.44. The van der Waals surface area contributed by atoms with Crippen molar-refractivity contribution in [3.8, 4) is 0 Å². The molecular formula is C28H33ClF2N2O3. The number of carbonyl (C=O) groups excluding carboxylic acids is 1. The number of carboxylic acid groups (broad SMARTS) is 1. The molecule has 1 unspecified atom stereocenters. The Morgan fingerprint density at radius 1 is 1.03 bits per heavy atom. The van der Waals surface area contributed by atoms with Gasteiger partial charge in [0.25, 0.3) is 0 Å². The number of halogens is 3. The van der Waals surface area contributed by atoms with Crippen molar-refractivity contribution in [1.82, 2.24) is 9.80 Å². The number of likely N-dealkylation sites (tertiary alicyclic amines) is 2. The average Bonchev–Trinajstić information content (AvgIpc) is 3.24. The summed E-state index contributed by atoms with van der Waals surface area (Å²) < 4.78 is 28.3. The van der Waals surface area contributed by atoms with Gasteiger partial charge in [0.1, 0.15) is 11.6 Å². The summed E-state index contributed by atoms with van der Waals surface area (Å²) >= 11 is 6.11. The lowest BCUT2D eigenvalue weighted by molar-refractivity contribution is -0.137. The van der Waals surface area contributed by atoms with Crippen LogP contribution < -0.4 is 0 Å². The lowest BCUT2D eigenvalue weighted by atomic mass is 9.84. The molecule has 0 aliphatic carbocycles. The molecule has 0 bridgehead atoms. The predicted octanol–water partition coefficient (Wildman–Crippen LogP) is 5.47. The molecule has 2 atom stereocenters. The summed E-state index contributed by atoms with van der Waals surface area (Å²) in [5, 5.41) is 9.81. The number of carboxylic acids is 1. The van der Waals surface area contributed by atoms with Crippen molar-refractivity contribution in [3.05, 3.63) is 69.7 Å². The van der Waals surface area contributed by atoms with Gasteiger partial charge in [-0.15, -0.1) is 0 Å². The summed E-state index contributed by atoms with van der Waals surface area (Å²) in [6, 6.07) is 9.01. The number of nitrogens with zero attached hydrogens (tertiary/aromatic N) is 2. The molecule has 0 aromatic heterocycles. The number of rotatable bonds is 5. The number of benzene rings is 2. The Bertz CT molecular complexity index is 1140. The van der Waals surface area contributed by atoms with Crippen molar-refractivity contribution in [1.29, 1.82) is 0 Å². The molecule has 1 amide bonds. The Kier molecular flexibility index (Phi) is 7.72. The van der Waals surface area contributed by atoms with Gasteiger partial charge in [0.2, 0.25) is 5.91 Å². The molecular weight excluding hydrogens is 486 g/mol. The van der Waals surface area contributed by atoms with E-state index in [1.807, 2.05) is 11.0 Å². The monoisotopic (exact) mass is 518 g/mol. The van der Waals surface area contributed by atoms with Crippen LogP contribution in [-0.2, 0) is 16.0 Å². The van der Waals surface area contributed by atoms with Gasteiger partial charge in [0.05, 0.1) is 12.3 Å². The van der Waals surface area contributed by atoms with Gasteiger partial charge in [0, 0.05) is 48.7 Å². The summed E-state index contributed by atoms with van der Waals surface area (Å²) in [6.07, 6.45) is 1.33. The maximum absolute atomic E-state index is 14.8. The molecule has 0 radical (unpaired) electrons. The second-order valence-corrected chi connectivity index (χ2v) is 11.4. The largest absolute Gasteiger partial charge is 0.481 e. The van der Waals surface area contributed by atoms with Crippen molar-refractivity contribution in [2.24, 2.45) is 5.92 Å². The van der Waals surface area contributed by atoms with Gasteiger partial charge in [-0.3, -0.25) is 14.5 Å². The van der Waals surface area contributed by atoms with Crippen molar-refractivity contribution >= 4 is 23.5 Å². The van der Waals surface area contributed by atoms with Gasteiger partial charge >= 0.3 is 5.97 Å². The van der Waals surface area contributed by atoms with E-state index < -0.39 is 23.5 Å².